The summed E-state index contributed by atoms with van der Waals surface area (Å²) in [6, 6.07) is 18.0. The van der Waals surface area contributed by atoms with Gasteiger partial charge >= 0.3 is 0 Å². The van der Waals surface area contributed by atoms with Crippen LogP contribution in [0.5, 0.6) is 5.75 Å². The molecule has 1 atom stereocenters. The summed E-state index contributed by atoms with van der Waals surface area (Å²) in [5.74, 6) is -0.231. The van der Waals surface area contributed by atoms with E-state index < -0.39 is 5.92 Å². The Hall–Kier alpha value is -2.60. The van der Waals surface area contributed by atoms with E-state index in [1.807, 2.05) is 13.0 Å². The quantitative estimate of drug-likeness (QED) is 0.776. The SMILES string of the molecule is CCOc1ccc(C(C#N)C(=O)c2ccccc2)cc1. The number of nitrogens with zero attached hydrogens (tertiary/aromatic N) is 1. The lowest BCUT2D eigenvalue weighted by Gasteiger charge is -2.10. The zero-order chi connectivity index (χ0) is 14.4. The Balaban J connectivity index is 2.24. The van der Waals surface area contributed by atoms with Crippen LogP contribution in [0.3, 0.4) is 0 Å². The lowest BCUT2D eigenvalue weighted by molar-refractivity contribution is 0.0979. The summed E-state index contributed by atoms with van der Waals surface area (Å²) < 4.78 is 5.35. The van der Waals surface area contributed by atoms with Gasteiger partial charge in [-0.3, -0.25) is 4.79 Å². The van der Waals surface area contributed by atoms with Crippen LogP contribution < -0.4 is 4.74 Å². The van der Waals surface area contributed by atoms with Crippen LogP contribution in [0.1, 0.15) is 28.8 Å². The van der Waals surface area contributed by atoms with Gasteiger partial charge in [0.25, 0.3) is 0 Å². The molecule has 0 fully saturated rings. The number of carbonyl (C=O) groups is 1. The van der Waals surface area contributed by atoms with E-state index in [1.165, 1.54) is 0 Å². The molecular formula is C17H15NO2. The van der Waals surface area contributed by atoms with Gasteiger partial charge in [-0.2, -0.15) is 5.26 Å². The number of hydrogen-bond acceptors (Lipinski definition) is 3. The number of ether oxygens (including phenoxy) is 1. The molecule has 0 heterocycles. The molecule has 0 aliphatic rings. The summed E-state index contributed by atoms with van der Waals surface area (Å²) in [5, 5.41) is 9.28. The molecule has 0 aliphatic heterocycles. The summed E-state index contributed by atoms with van der Waals surface area (Å²) in [6.07, 6.45) is 0. The van der Waals surface area contributed by atoms with Gasteiger partial charge in [0.2, 0.25) is 0 Å². The van der Waals surface area contributed by atoms with E-state index >= 15 is 0 Å². The number of hydrogen-bond donors (Lipinski definition) is 0. The predicted molar refractivity (Wildman–Crippen MR) is 76.7 cm³/mol. The molecule has 2 rings (SSSR count). The normalized spacial score (nSPS) is 11.4. The van der Waals surface area contributed by atoms with E-state index in [2.05, 4.69) is 6.07 Å². The molecule has 3 nitrogen and oxygen atoms in total. The molecule has 0 saturated carbocycles. The molecule has 0 aliphatic carbocycles. The van der Waals surface area contributed by atoms with Gasteiger partial charge in [-0.1, -0.05) is 42.5 Å². The molecule has 0 spiro atoms. The lowest BCUT2D eigenvalue weighted by atomic mass is 9.92. The highest BCUT2D eigenvalue weighted by atomic mass is 16.5. The van der Waals surface area contributed by atoms with Crippen molar-refractivity contribution < 1.29 is 9.53 Å². The van der Waals surface area contributed by atoms with Crippen LogP contribution in [0.4, 0.5) is 0 Å². The number of benzene rings is 2. The monoisotopic (exact) mass is 265 g/mol. The molecule has 3 heteroatoms. The smallest absolute Gasteiger partial charge is 0.184 e. The summed E-state index contributed by atoms with van der Waals surface area (Å²) in [6.45, 7) is 2.49. The van der Waals surface area contributed by atoms with E-state index in [0.717, 1.165) is 5.75 Å². The van der Waals surface area contributed by atoms with Crippen LogP contribution in [0.2, 0.25) is 0 Å². The Morgan fingerprint density at radius 3 is 2.35 bits per heavy atom. The maximum absolute atomic E-state index is 12.3. The molecule has 0 bridgehead atoms. The highest BCUT2D eigenvalue weighted by molar-refractivity contribution is 6.02. The first-order valence-corrected chi connectivity index (χ1v) is 6.48. The van der Waals surface area contributed by atoms with Gasteiger partial charge in [0.15, 0.2) is 5.78 Å². The molecule has 2 aromatic carbocycles. The van der Waals surface area contributed by atoms with Crippen LogP contribution >= 0.6 is 0 Å². The van der Waals surface area contributed by atoms with Gasteiger partial charge < -0.3 is 4.74 Å². The minimum absolute atomic E-state index is 0.183. The number of rotatable bonds is 5. The van der Waals surface area contributed by atoms with Gasteiger partial charge in [-0.15, -0.1) is 0 Å². The first kappa shape index (κ1) is 13.8. The maximum atomic E-state index is 12.3. The first-order valence-electron chi connectivity index (χ1n) is 6.48. The molecule has 0 N–H and O–H groups in total. The summed E-state index contributed by atoms with van der Waals surface area (Å²) in [5.41, 5.74) is 1.23. The van der Waals surface area contributed by atoms with Crippen molar-refractivity contribution in [2.45, 2.75) is 12.8 Å². The van der Waals surface area contributed by atoms with E-state index in [0.29, 0.717) is 17.7 Å². The zero-order valence-electron chi connectivity index (χ0n) is 11.2. The average molecular weight is 265 g/mol. The van der Waals surface area contributed by atoms with Gasteiger partial charge in [0, 0.05) is 5.56 Å². The van der Waals surface area contributed by atoms with E-state index in [1.54, 1.807) is 48.5 Å². The molecule has 0 amide bonds. The van der Waals surface area contributed by atoms with Crippen molar-refractivity contribution >= 4 is 5.78 Å². The lowest BCUT2D eigenvalue weighted by Crippen LogP contribution is -2.11. The fraction of sp³-hybridized carbons (Fsp3) is 0.176. The molecule has 100 valence electrons. The fourth-order valence-corrected chi connectivity index (χ4v) is 1.98. The van der Waals surface area contributed by atoms with Crippen molar-refractivity contribution in [1.29, 1.82) is 5.26 Å². The van der Waals surface area contributed by atoms with Crippen molar-refractivity contribution in [3.05, 3.63) is 65.7 Å². The second-order valence-corrected chi connectivity index (χ2v) is 4.29. The Morgan fingerprint density at radius 1 is 1.15 bits per heavy atom. The molecular weight excluding hydrogens is 250 g/mol. The third-order valence-electron chi connectivity index (χ3n) is 2.97. The van der Waals surface area contributed by atoms with Crippen LogP contribution in [0, 0.1) is 11.3 Å². The van der Waals surface area contributed by atoms with Gasteiger partial charge in [-0.05, 0) is 24.6 Å². The number of nitriles is 1. The van der Waals surface area contributed by atoms with Crippen LogP contribution in [-0.4, -0.2) is 12.4 Å². The van der Waals surface area contributed by atoms with Crippen LogP contribution in [0.15, 0.2) is 54.6 Å². The van der Waals surface area contributed by atoms with Crippen LogP contribution in [-0.2, 0) is 0 Å². The second kappa shape index (κ2) is 6.53. The van der Waals surface area contributed by atoms with E-state index in [4.69, 9.17) is 4.74 Å². The standard InChI is InChI=1S/C17H15NO2/c1-2-20-15-10-8-13(9-11-15)16(12-18)17(19)14-6-4-3-5-7-14/h3-11,16H,2H2,1H3. The van der Waals surface area contributed by atoms with Crippen molar-refractivity contribution in [2.24, 2.45) is 0 Å². The summed E-state index contributed by atoms with van der Waals surface area (Å²) in [4.78, 5) is 12.3. The predicted octanol–water partition coefficient (Wildman–Crippen LogP) is 3.58. The molecule has 0 aromatic heterocycles. The highest BCUT2D eigenvalue weighted by Gasteiger charge is 2.21. The number of ketones is 1. The highest BCUT2D eigenvalue weighted by Crippen LogP contribution is 2.23. The van der Waals surface area contributed by atoms with Crippen molar-refractivity contribution in [3.63, 3.8) is 0 Å². The fourth-order valence-electron chi connectivity index (χ4n) is 1.98. The molecule has 0 saturated heterocycles. The van der Waals surface area contributed by atoms with Crippen molar-refractivity contribution in [2.75, 3.05) is 6.61 Å². The van der Waals surface area contributed by atoms with E-state index in [-0.39, 0.29) is 5.78 Å². The third-order valence-corrected chi connectivity index (χ3v) is 2.97. The Labute approximate surface area is 118 Å². The second-order valence-electron chi connectivity index (χ2n) is 4.29. The molecule has 1 unspecified atom stereocenters. The largest absolute Gasteiger partial charge is 0.494 e. The van der Waals surface area contributed by atoms with E-state index in [9.17, 15) is 10.1 Å². The van der Waals surface area contributed by atoms with Crippen molar-refractivity contribution in [1.82, 2.24) is 0 Å². The van der Waals surface area contributed by atoms with Gasteiger partial charge in [0.1, 0.15) is 11.7 Å². The Morgan fingerprint density at radius 2 is 1.80 bits per heavy atom. The summed E-state index contributed by atoms with van der Waals surface area (Å²) in [7, 11) is 0. The van der Waals surface area contributed by atoms with Crippen LogP contribution in [0.25, 0.3) is 0 Å². The minimum atomic E-state index is -0.784. The number of carbonyl (C=O) groups excluding carboxylic acids is 1. The Bertz CT molecular complexity index is 612. The topological polar surface area (TPSA) is 50.1 Å². The van der Waals surface area contributed by atoms with Gasteiger partial charge in [0.05, 0.1) is 12.7 Å². The average Bonchev–Trinajstić information content (AvgIpc) is 2.51. The summed E-state index contributed by atoms with van der Waals surface area (Å²) >= 11 is 0. The number of Topliss-reactive ketones (excluding diaryl/α,β-unsaturated/α-hetero) is 1. The molecule has 20 heavy (non-hydrogen) atoms. The van der Waals surface area contributed by atoms with Crippen molar-refractivity contribution in [3.8, 4) is 11.8 Å². The minimum Gasteiger partial charge on any atom is -0.494 e. The molecule has 0 radical (unpaired) electrons. The maximum Gasteiger partial charge on any atom is 0.184 e. The Kier molecular flexibility index (Phi) is 4.52. The third kappa shape index (κ3) is 3.04. The zero-order valence-corrected chi connectivity index (χ0v) is 11.2. The molecule has 2 aromatic rings. The first-order chi connectivity index (χ1) is 9.76. The van der Waals surface area contributed by atoms with Gasteiger partial charge in [-0.25, -0.2) is 0 Å².